The molecule has 0 radical (unpaired) electrons. The van der Waals surface area contributed by atoms with E-state index in [9.17, 15) is 4.79 Å². The molecule has 5 heteroatoms. The van der Waals surface area contributed by atoms with E-state index < -0.39 is 12.4 Å². The van der Waals surface area contributed by atoms with Gasteiger partial charge in [-0.2, -0.15) is 0 Å². The summed E-state index contributed by atoms with van der Waals surface area (Å²) in [5.74, 6) is -0.232. The van der Waals surface area contributed by atoms with Crippen LogP contribution in [0.3, 0.4) is 0 Å². The Morgan fingerprint density at radius 3 is 2.36 bits per heavy atom. The lowest BCUT2D eigenvalue weighted by molar-refractivity contribution is -0.129. The van der Waals surface area contributed by atoms with E-state index in [0.717, 1.165) is 0 Å². The second-order valence-electron chi connectivity index (χ2n) is 2.14. The van der Waals surface area contributed by atoms with E-state index >= 15 is 0 Å². The molecule has 0 aliphatic rings. The van der Waals surface area contributed by atoms with Crippen LogP contribution in [0.4, 0.5) is 0 Å². The van der Waals surface area contributed by atoms with Crippen LogP contribution in [0.5, 0.6) is 0 Å². The van der Waals surface area contributed by atoms with Gasteiger partial charge in [-0.15, -0.1) is 0 Å². The molecular formula is C6H13NO4. The fraction of sp³-hybridized carbons (Fsp3) is 0.833. The topological polar surface area (TPSA) is 89.8 Å². The van der Waals surface area contributed by atoms with Crippen LogP contribution in [0, 0.1) is 0 Å². The van der Waals surface area contributed by atoms with Gasteiger partial charge >= 0.3 is 0 Å². The van der Waals surface area contributed by atoms with Gasteiger partial charge in [0.05, 0.1) is 0 Å². The quantitative estimate of drug-likeness (QED) is 0.367. The van der Waals surface area contributed by atoms with Crippen LogP contribution >= 0.6 is 0 Å². The molecule has 1 amide bonds. The number of carbonyl (C=O) groups is 1. The fourth-order valence-corrected chi connectivity index (χ4v) is 0.449. The minimum absolute atomic E-state index is 0.135. The summed E-state index contributed by atoms with van der Waals surface area (Å²) < 4.78 is 0. The van der Waals surface area contributed by atoms with Crippen LogP contribution in [0.1, 0.15) is 13.3 Å². The van der Waals surface area contributed by atoms with E-state index in [1.165, 1.54) is 0 Å². The Balaban J connectivity index is 3.45. The minimum atomic E-state index is -1.80. The first-order valence-electron chi connectivity index (χ1n) is 3.38. The van der Waals surface area contributed by atoms with E-state index in [4.69, 9.17) is 15.3 Å². The summed E-state index contributed by atoms with van der Waals surface area (Å²) in [4.78, 5) is 10.6. The minimum Gasteiger partial charge on any atom is -0.386 e. The number of rotatable bonds is 4. The number of hydrogen-bond donors (Lipinski definition) is 4. The molecular weight excluding hydrogens is 150 g/mol. The Labute approximate surface area is 64.7 Å². The Morgan fingerprint density at radius 2 is 2.00 bits per heavy atom. The van der Waals surface area contributed by atoms with E-state index in [1.54, 1.807) is 6.92 Å². The Bertz CT molecular complexity index is 126. The molecule has 1 atom stereocenters. The summed E-state index contributed by atoms with van der Waals surface area (Å²) in [5.41, 5.74) is 0. The van der Waals surface area contributed by atoms with Gasteiger partial charge in [0.25, 0.3) is 0 Å². The van der Waals surface area contributed by atoms with E-state index in [1.807, 2.05) is 0 Å². The molecule has 0 aromatic rings. The van der Waals surface area contributed by atoms with Crippen molar-refractivity contribution in [2.75, 3.05) is 6.54 Å². The standard InChI is InChI=1S/C6H13NO4/c1-2-5(9)7-3-4(8)6(10)11/h4,6,8,10-11H,2-3H2,1H3,(H,7,9)/t4-/m0/s1. The first kappa shape index (κ1) is 10.3. The van der Waals surface area contributed by atoms with Crippen LogP contribution in [0.15, 0.2) is 0 Å². The molecule has 4 N–H and O–H groups in total. The lowest BCUT2D eigenvalue weighted by Crippen LogP contribution is -2.38. The summed E-state index contributed by atoms with van der Waals surface area (Å²) in [7, 11) is 0. The monoisotopic (exact) mass is 163 g/mol. The van der Waals surface area contributed by atoms with Crippen LogP contribution in [0.2, 0.25) is 0 Å². The maximum absolute atomic E-state index is 10.6. The molecule has 0 heterocycles. The van der Waals surface area contributed by atoms with E-state index in [-0.39, 0.29) is 12.5 Å². The molecule has 0 aromatic heterocycles. The van der Waals surface area contributed by atoms with Crippen LogP contribution < -0.4 is 5.32 Å². The van der Waals surface area contributed by atoms with Crippen LogP contribution in [-0.4, -0.2) is 40.2 Å². The summed E-state index contributed by atoms with van der Waals surface area (Å²) in [6.45, 7) is 1.53. The number of amides is 1. The van der Waals surface area contributed by atoms with Crippen LogP contribution in [-0.2, 0) is 4.79 Å². The Hall–Kier alpha value is -0.650. The van der Waals surface area contributed by atoms with Gasteiger partial charge in [0.1, 0.15) is 6.10 Å². The van der Waals surface area contributed by atoms with Gasteiger partial charge in [-0.3, -0.25) is 4.79 Å². The second-order valence-corrected chi connectivity index (χ2v) is 2.14. The van der Waals surface area contributed by atoms with Gasteiger partial charge in [0.15, 0.2) is 6.29 Å². The zero-order valence-corrected chi connectivity index (χ0v) is 6.32. The van der Waals surface area contributed by atoms with Crippen molar-refractivity contribution in [3.8, 4) is 0 Å². The van der Waals surface area contributed by atoms with Crippen molar-refractivity contribution in [2.24, 2.45) is 0 Å². The highest BCUT2D eigenvalue weighted by atomic mass is 16.5. The molecule has 0 bridgehead atoms. The maximum atomic E-state index is 10.6. The fourth-order valence-electron chi connectivity index (χ4n) is 0.449. The molecule has 0 unspecified atom stereocenters. The summed E-state index contributed by atoms with van der Waals surface area (Å²) in [6.07, 6.45) is -2.80. The average Bonchev–Trinajstić information content (AvgIpc) is 1.99. The molecule has 0 aromatic carbocycles. The third-order valence-corrected chi connectivity index (χ3v) is 1.17. The van der Waals surface area contributed by atoms with E-state index in [2.05, 4.69) is 5.32 Å². The molecule has 5 nitrogen and oxygen atoms in total. The zero-order valence-electron chi connectivity index (χ0n) is 6.32. The highest BCUT2D eigenvalue weighted by molar-refractivity contribution is 5.75. The van der Waals surface area contributed by atoms with E-state index in [0.29, 0.717) is 6.42 Å². The van der Waals surface area contributed by atoms with Crippen molar-refractivity contribution in [3.63, 3.8) is 0 Å². The molecule has 0 saturated heterocycles. The lowest BCUT2D eigenvalue weighted by Gasteiger charge is -2.12. The van der Waals surface area contributed by atoms with Gasteiger partial charge in [0.2, 0.25) is 5.91 Å². The number of aliphatic hydroxyl groups excluding tert-OH is 2. The van der Waals surface area contributed by atoms with Crippen molar-refractivity contribution >= 4 is 5.91 Å². The number of nitrogens with one attached hydrogen (secondary N) is 1. The Morgan fingerprint density at radius 1 is 1.45 bits per heavy atom. The third kappa shape index (κ3) is 4.72. The number of aliphatic hydroxyl groups is 3. The molecule has 66 valence electrons. The second kappa shape index (κ2) is 5.06. The van der Waals surface area contributed by atoms with Crippen molar-refractivity contribution < 1.29 is 20.1 Å². The summed E-state index contributed by atoms with van der Waals surface area (Å²) >= 11 is 0. The third-order valence-electron chi connectivity index (χ3n) is 1.17. The smallest absolute Gasteiger partial charge is 0.219 e. The van der Waals surface area contributed by atoms with Gasteiger partial charge < -0.3 is 20.6 Å². The first-order valence-corrected chi connectivity index (χ1v) is 3.38. The van der Waals surface area contributed by atoms with Crippen molar-refractivity contribution in [1.29, 1.82) is 0 Å². The van der Waals surface area contributed by atoms with Crippen molar-refractivity contribution in [3.05, 3.63) is 0 Å². The predicted octanol–water partition coefficient (Wildman–Crippen LogP) is -1.82. The molecule has 0 fully saturated rings. The van der Waals surface area contributed by atoms with Crippen LogP contribution in [0.25, 0.3) is 0 Å². The van der Waals surface area contributed by atoms with Gasteiger partial charge in [0, 0.05) is 13.0 Å². The SMILES string of the molecule is CCC(=O)NC[C@H](O)C(O)O. The maximum Gasteiger partial charge on any atom is 0.219 e. The molecule has 11 heavy (non-hydrogen) atoms. The molecule has 0 aliphatic heterocycles. The van der Waals surface area contributed by atoms with Crippen molar-refractivity contribution in [2.45, 2.75) is 25.7 Å². The average molecular weight is 163 g/mol. The Kier molecular flexibility index (Phi) is 4.76. The molecule has 0 saturated carbocycles. The highest BCUT2D eigenvalue weighted by Gasteiger charge is 2.12. The van der Waals surface area contributed by atoms with Gasteiger partial charge in [-0.1, -0.05) is 6.92 Å². The predicted molar refractivity (Wildman–Crippen MR) is 37.5 cm³/mol. The molecule has 0 rings (SSSR count). The van der Waals surface area contributed by atoms with Gasteiger partial charge in [-0.05, 0) is 0 Å². The normalized spacial score (nSPS) is 13.2. The van der Waals surface area contributed by atoms with Crippen molar-refractivity contribution in [1.82, 2.24) is 5.32 Å². The summed E-state index contributed by atoms with van der Waals surface area (Å²) in [5, 5.41) is 27.8. The summed E-state index contributed by atoms with van der Waals surface area (Å²) in [6, 6.07) is 0. The van der Waals surface area contributed by atoms with Gasteiger partial charge in [-0.25, -0.2) is 0 Å². The number of carbonyl (C=O) groups excluding carboxylic acids is 1. The molecule has 0 spiro atoms. The highest BCUT2D eigenvalue weighted by Crippen LogP contribution is 1.86. The molecule has 0 aliphatic carbocycles. The first-order chi connectivity index (χ1) is 5.07. The lowest BCUT2D eigenvalue weighted by atomic mass is 10.3. The largest absolute Gasteiger partial charge is 0.386 e. The zero-order chi connectivity index (χ0) is 8.85. The number of hydrogen-bond acceptors (Lipinski definition) is 4.